The van der Waals surface area contributed by atoms with Crippen molar-refractivity contribution < 1.29 is 9.47 Å². The van der Waals surface area contributed by atoms with E-state index in [9.17, 15) is 0 Å². The van der Waals surface area contributed by atoms with Crippen molar-refractivity contribution in [1.29, 1.82) is 0 Å². The summed E-state index contributed by atoms with van der Waals surface area (Å²) in [7, 11) is 1.71. The maximum absolute atomic E-state index is 5.99. The standard InChI is InChI=1S/C23H19BrO2S/c1-25-21-14-22(26-15-16-7-3-2-4-8-16)20(24)13-18(21)12-19-11-17-9-5-6-10-23(17)27-19/h2-11,13-14H,12,15H2,1H3. The summed E-state index contributed by atoms with van der Waals surface area (Å²) >= 11 is 5.48. The Bertz CT molecular complexity index is 1020. The highest BCUT2D eigenvalue weighted by Crippen LogP contribution is 2.36. The third-order valence-electron chi connectivity index (χ3n) is 4.41. The first kappa shape index (κ1) is 18.1. The Morgan fingerprint density at radius 2 is 1.67 bits per heavy atom. The van der Waals surface area contributed by atoms with E-state index < -0.39 is 0 Å². The molecule has 4 rings (SSSR count). The van der Waals surface area contributed by atoms with Gasteiger partial charge < -0.3 is 9.47 Å². The summed E-state index contributed by atoms with van der Waals surface area (Å²) in [4.78, 5) is 1.32. The first-order valence-corrected chi connectivity index (χ1v) is 10.3. The number of hydrogen-bond acceptors (Lipinski definition) is 3. The van der Waals surface area contributed by atoms with Crippen molar-refractivity contribution >= 4 is 37.4 Å². The predicted molar refractivity (Wildman–Crippen MR) is 116 cm³/mol. The van der Waals surface area contributed by atoms with Gasteiger partial charge in [0.05, 0.1) is 11.6 Å². The molecule has 0 N–H and O–H groups in total. The number of methoxy groups -OCH3 is 1. The lowest BCUT2D eigenvalue weighted by Crippen LogP contribution is -1.99. The van der Waals surface area contributed by atoms with Gasteiger partial charge in [-0.2, -0.15) is 0 Å². The Morgan fingerprint density at radius 1 is 0.889 bits per heavy atom. The van der Waals surface area contributed by atoms with Gasteiger partial charge in [0.15, 0.2) is 0 Å². The molecule has 27 heavy (non-hydrogen) atoms. The zero-order valence-corrected chi connectivity index (χ0v) is 17.3. The summed E-state index contributed by atoms with van der Waals surface area (Å²) in [5.74, 6) is 1.63. The lowest BCUT2D eigenvalue weighted by molar-refractivity contribution is 0.301. The van der Waals surface area contributed by atoms with Crippen LogP contribution in [0.5, 0.6) is 11.5 Å². The Morgan fingerprint density at radius 3 is 2.44 bits per heavy atom. The number of hydrogen-bond donors (Lipinski definition) is 0. The van der Waals surface area contributed by atoms with Gasteiger partial charge in [0, 0.05) is 27.6 Å². The van der Waals surface area contributed by atoms with Crippen molar-refractivity contribution in [1.82, 2.24) is 0 Å². The number of rotatable bonds is 6. The molecular formula is C23H19BrO2S. The number of ether oxygens (including phenoxy) is 2. The van der Waals surface area contributed by atoms with E-state index in [1.54, 1.807) is 7.11 Å². The normalized spacial score (nSPS) is 10.9. The van der Waals surface area contributed by atoms with Gasteiger partial charge in [-0.3, -0.25) is 0 Å². The van der Waals surface area contributed by atoms with Crippen molar-refractivity contribution in [2.45, 2.75) is 13.0 Å². The molecule has 0 aliphatic heterocycles. The van der Waals surface area contributed by atoms with E-state index in [1.165, 1.54) is 15.0 Å². The highest BCUT2D eigenvalue weighted by Gasteiger charge is 2.12. The van der Waals surface area contributed by atoms with Crippen LogP contribution in [0.3, 0.4) is 0 Å². The van der Waals surface area contributed by atoms with Gasteiger partial charge in [0.2, 0.25) is 0 Å². The molecule has 1 aromatic heterocycles. The van der Waals surface area contributed by atoms with Gasteiger partial charge in [0.25, 0.3) is 0 Å². The third kappa shape index (κ3) is 4.18. The van der Waals surface area contributed by atoms with Crippen LogP contribution in [0.25, 0.3) is 10.1 Å². The summed E-state index contributed by atoms with van der Waals surface area (Å²) in [6, 6.07) is 25.0. The van der Waals surface area contributed by atoms with Gasteiger partial charge in [0.1, 0.15) is 18.1 Å². The Hall–Kier alpha value is -2.30. The van der Waals surface area contributed by atoms with Crippen molar-refractivity contribution in [2.24, 2.45) is 0 Å². The van der Waals surface area contributed by atoms with E-state index in [0.717, 1.165) is 33.5 Å². The fraction of sp³-hybridized carbons (Fsp3) is 0.130. The van der Waals surface area contributed by atoms with Crippen molar-refractivity contribution in [2.75, 3.05) is 7.11 Å². The van der Waals surface area contributed by atoms with E-state index in [-0.39, 0.29) is 0 Å². The molecule has 0 spiro atoms. The van der Waals surface area contributed by atoms with Crippen LogP contribution in [0.15, 0.2) is 77.3 Å². The lowest BCUT2D eigenvalue weighted by Gasteiger charge is -2.14. The first-order valence-electron chi connectivity index (χ1n) is 8.73. The molecule has 3 aromatic carbocycles. The van der Waals surface area contributed by atoms with E-state index in [2.05, 4.69) is 64.5 Å². The zero-order chi connectivity index (χ0) is 18.6. The lowest BCUT2D eigenvalue weighted by atomic mass is 10.1. The van der Waals surface area contributed by atoms with Gasteiger partial charge >= 0.3 is 0 Å². The molecule has 136 valence electrons. The highest BCUT2D eigenvalue weighted by atomic mass is 79.9. The van der Waals surface area contributed by atoms with Crippen molar-refractivity contribution in [3.63, 3.8) is 0 Å². The van der Waals surface area contributed by atoms with Crippen molar-refractivity contribution in [3.05, 3.63) is 93.3 Å². The topological polar surface area (TPSA) is 18.5 Å². The van der Waals surface area contributed by atoms with Crippen LogP contribution in [0, 0.1) is 0 Å². The van der Waals surface area contributed by atoms with E-state index in [0.29, 0.717) is 6.61 Å². The quantitative estimate of drug-likeness (QED) is 0.327. The zero-order valence-electron chi connectivity index (χ0n) is 14.9. The van der Waals surface area contributed by atoms with Crippen LogP contribution in [0.2, 0.25) is 0 Å². The van der Waals surface area contributed by atoms with Gasteiger partial charge in [-0.25, -0.2) is 0 Å². The molecule has 0 radical (unpaired) electrons. The van der Waals surface area contributed by atoms with Crippen LogP contribution in [-0.2, 0) is 13.0 Å². The second-order valence-electron chi connectivity index (χ2n) is 6.30. The molecule has 0 bridgehead atoms. The summed E-state index contributed by atoms with van der Waals surface area (Å²) < 4.78 is 13.9. The summed E-state index contributed by atoms with van der Waals surface area (Å²) in [5.41, 5.74) is 2.28. The Kier molecular flexibility index (Phi) is 5.46. The monoisotopic (exact) mass is 438 g/mol. The van der Waals surface area contributed by atoms with E-state index in [1.807, 2.05) is 35.6 Å². The fourth-order valence-electron chi connectivity index (χ4n) is 3.06. The molecule has 0 aliphatic rings. The van der Waals surface area contributed by atoms with Gasteiger partial charge in [-0.05, 0) is 45.1 Å². The summed E-state index contributed by atoms with van der Waals surface area (Å²) in [6.45, 7) is 0.526. The second kappa shape index (κ2) is 8.15. The molecule has 0 fully saturated rings. The van der Waals surface area contributed by atoms with E-state index >= 15 is 0 Å². The average Bonchev–Trinajstić information content (AvgIpc) is 3.10. The molecule has 0 unspecified atom stereocenters. The maximum atomic E-state index is 5.99. The van der Waals surface area contributed by atoms with Crippen LogP contribution in [0.1, 0.15) is 16.0 Å². The van der Waals surface area contributed by atoms with Gasteiger partial charge in [-0.1, -0.05) is 48.5 Å². The molecule has 4 heteroatoms. The minimum Gasteiger partial charge on any atom is -0.496 e. The molecular weight excluding hydrogens is 420 g/mol. The SMILES string of the molecule is COc1cc(OCc2ccccc2)c(Br)cc1Cc1cc2ccccc2s1. The maximum Gasteiger partial charge on any atom is 0.137 e. The average molecular weight is 439 g/mol. The van der Waals surface area contributed by atoms with Crippen LogP contribution in [-0.4, -0.2) is 7.11 Å². The Balaban J connectivity index is 1.57. The van der Waals surface area contributed by atoms with Crippen molar-refractivity contribution in [3.8, 4) is 11.5 Å². The largest absolute Gasteiger partial charge is 0.496 e. The fourth-order valence-corrected chi connectivity index (χ4v) is 4.65. The molecule has 0 atom stereocenters. The van der Waals surface area contributed by atoms with Crippen LogP contribution in [0.4, 0.5) is 0 Å². The summed E-state index contributed by atoms with van der Waals surface area (Å²) in [5, 5.41) is 1.29. The molecule has 2 nitrogen and oxygen atoms in total. The minimum atomic E-state index is 0.526. The second-order valence-corrected chi connectivity index (χ2v) is 8.32. The molecule has 4 aromatic rings. The van der Waals surface area contributed by atoms with Crippen LogP contribution >= 0.6 is 27.3 Å². The molecule has 0 aliphatic carbocycles. The smallest absolute Gasteiger partial charge is 0.137 e. The number of benzene rings is 3. The number of fused-ring (bicyclic) bond motifs is 1. The molecule has 0 amide bonds. The van der Waals surface area contributed by atoms with E-state index in [4.69, 9.17) is 9.47 Å². The molecule has 0 saturated heterocycles. The summed E-state index contributed by atoms with van der Waals surface area (Å²) in [6.07, 6.45) is 0.833. The number of thiophene rings is 1. The third-order valence-corrected chi connectivity index (χ3v) is 6.15. The van der Waals surface area contributed by atoms with Gasteiger partial charge in [-0.15, -0.1) is 11.3 Å². The minimum absolute atomic E-state index is 0.526. The highest BCUT2D eigenvalue weighted by molar-refractivity contribution is 9.10. The molecule has 0 saturated carbocycles. The first-order chi connectivity index (χ1) is 13.2. The Labute approximate surface area is 171 Å². The molecule has 1 heterocycles. The number of halogens is 1. The van der Waals surface area contributed by atoms with Crippen LogP contribution < -0.4 is 9.47 Å². The predicted octanol–water partition coefficient (Wildman–Crippen LogP) is 6.84.